The van der Waals surface area contributed by atoms with Gasteiger partial charge < -0.3 is 5.11 Å². The maximum absolute atomic E-state index is 10.2. The van der Waals surface area contributed by atoms with Crippen molar-refractivity contribution in [1.29, 1.82) is 0 Å². The van der Waals surface area contributed by atoms with Gasteiger partial charge in [0.2, 0.25) is 0 Å². The molecule has 0 unspecified atom stereocenters. The first-order chi connectivity index (χ1) is 4.74. The molecular weight excluding hydrogens is 134 g/mol. The highest BCUT2D eigenvalue weighted by molar-refractivity contribution is 5.71. The first-order valence-corrected chi connectivity index (χ1v) is 2.66. The third-order valence-electron chi connectivity index (χ3n) is 1.17. The SMILES string of the molecule is O=C=C1C=CN(C(=O)O)C1. The minimum absolute atomic E-state index is 0.124. The van der Waals surface area contributed by atoms with Gasteiger partial charge in [-0.15, -0.1) is 0 Å². The van der Waals surface area contributed by atoms with E-state index in [0.29, 0.717) is 5.57 Å². The highest BCUT2D eigenvalue weighted by atomic mass is 16.4. The number of amides is 1. The molecule has 0 saturated heterocycles. The van der Waals surface area contributed by atoms with Crippen molar-refractivity contribution in [1.82, 2.24) is 4.90 Å². The van der Waals surface area contributed by atoms with E-state index in [4.69, 9.17) is 5.11 Å². The van der Waals surface area contributed by atoms with E-state index in [1.54, 1.807) is 5.94 Å². The lowest BCUT2D eigenvalue weighted by Crippen LogP contribution is -2.21. The molecule has 1 N–H and O–H groups in total. The minimum atomic E-state index is -1.05. The van der Waals surface area contributed by atoms with Gasteiger partial charge >= 0.3 is 6.09 Å². The molecule has 4 nitrogen and oxygen atoms in total. The van der Waals surface area contributed by atoms with Crippen LogP contribution in [0.15, 0.2) is 17.8 Å². The van der Waals surface area contributed by atoms with Crippen LogP contribution in [-0.4, -0.2) is 28.6 Å². The maximum atomic E-state index is 10.2. The molecule has 1 aliphatic rings. The molecule has 0 radical (unpaired) electrons. The normalized spacial score (nSPS) is 15.6. The Hall–Kier alpha value is -1.54. The van der Waals surface area contributed by atoms with Gasteiger partial charge in [0.05, 0.1) is 12.1 Å². The summed E-state index contributed by atoms with van der Waals surface area (Å²) in [6.45, 7) is 0.124. The number of carbonyl (C=O) groups is 1. The first kappa shape index (κ1) is 6.58. The molecule has 0 fully saturated rings. The molecule has 0 aromatic heterocycles. The Bertz CT molecular complexity index is 237. The second-order valence-electron chi connectivity index (χ2n) is 1.85. The van der Waals surface area contributed by atoms with E-state index in [1.807, 2.05) is 0 Å². The molecule has 0 spiro atoms. The van der Waals surface area contributed by atoms with E-state index in [0.717, 1.165) is 4.90 Å². The van der Waals surface area contributed by atoms with E-state index in [-0.39, 0.29) is 6.54 Å². The largest absolute Gasteiger partial charge is 0.465 e. The van der Waals surface area contributed by atoms with Gasteiger partial charge in [-0.25, -0.2) is 9.59 Å². The fourth-order valence-electron chi connectivity index (χ4n) is 0.667. The number of hydrogen-bond donors (Lipinski definition) is 1. The Morgan fingerprint density at radius 2 is 2.50 bits per heavy atom. The third kappa shape index (κ3) is 1.06. The Labute approximate surface area is 57.1 Å². The van der Waals surface area contributed by atoms with Gasteiger partial charge in [0.25, 0.3) is 0 Å². The van der Waals surface area contributed by atoms with Crippen LogP contribution in [0.3, 0.4) is 0 Å². The van der Waals surface area contributed by atoms with Crippen LogP contribution < -0.4 is 0 Å². The summed E-state index contributed by atoms with van der Waals surface area (Å²) in [6.07, 6.45) is 1.71. The summed E-state index contributed by atoms with van der Waals surface area (Å²) in [5.41, 5.74) is 0.363. The van der Waals surface area contributed by atoms with Gasteiger partial charge in [0.1, 0.15) is 5.94 Å². The van der Waals surface area contributed by atoms with E-state index in [2.05, 4.69) is 0 Å². The van der Waals surface area contributed by atoms with Crippen molar-refractivity contribution < 1.29 is 14.7 Å². The maximum Gasteiger partial charge on any atom is 0.411 e. The molecule has 1 heterocycles. The first-order valence-electron chi connectivity index (χ1n) is 2.66. The van der Waals surface area contributed by atoms with Gasteiger partial charge in [-0.2, -0.15) is 0 Å². The molecule has 0 aliphatic carbocycles. The Kier molecular flexibility index (Phi) is 1.56. The quantitative estimate of drug-likeness (QED) is 0.489. The summed E-state index contributed by atoms with van der Waals surface area (Å²) >= 11 is 0. The molecule has 52 valence electrons. The Morgan fingerprint density at radius 1 is 1.80 bits per heavy atom. The summed E-state index contributed by atoms with van der Waals surface area (Å²) in [7, 11) is 0. The Balaban J connectivity index is 2.71. The lowest BCUT2D eigenvalue weighted by molar-refractivity contribution is 0.168. The van der Waals surface area contributed by atoms with Crippen molar-refractivity contribution in [3.8, 4) is 0 Å². The van der Waals surface area contributed by atoms with E-state index < -0.39 is 6.09 Å². The molecule has 0 saturated carbocycles. The molecule has 1 amide bonds. The predicted molar refractivity (Wildman–Crippen MR) is 33.1 cm³/mol. The monoisotopic (exact) mass is 139 g/mol. The van der Waals surface area contributed by atoms with Crippen LogP contribution in [0.1, 0.15) is 0 Å². The van der Waals surface area contributed by atoms with Crippen LogP contribution in [0, 0.1) is 0 Å². The van der Waals surface area contributed by atoms with Gasteiger partial charge in [-0.05, 0) is 6.08 Å². The molecule has 0 aromatic carbocycles. The second-order valence-corrected chi connectivity index (χ2v) is 1.85. The number of carboxylic acid groups (broad SMARTS) is 1. The molecule has 1 rings (SSSR count). The molecule has 4 heteroatoms. The van der Waals surface area contributed by atoms with E-state index in [1.165, 1.54) is 12.3 Å². The number of rotatable bonds is 0. The molecule has 0 bridgehead atoms. The number of carbonyl (C=O) groups excluding carboxylic acids is 1. The Morgan fingerprint density at radius 3 is 2.80 bits per heavy atom. The fourth-order valence-corrected chi connectivity index (χ4v) is 0.667. The second kappa shape index (κ2) is 2.37. The van der Waals surface area contributed by atoms with Crippen molar-refractivity contribution in [2.75, 3.05) is 6.54 Å². The molecule has 0 aromatic rings. The van der Waals surface area contributed by atoms with Crippen LogP contribution in [0.25, 0.3) is 0 Å². The standard InChI is InChI=1S/C6H5NO3/c8-4-5-1-2-7(3-5)6(9)10/h1-2H,3H2,(H,9,10). The van der Waals surface area contributed by atoms with Crippen molar-refractivity contribution in [2.45, 2.75) is 0 Å². The summed E-state index contributed by atoms with van der Waals surface area (Å²) in [4.78, 5) is 21.2. The zero-order valence-corrected chi connectivity index (χ0v) is 5.07. The highest BCUT2D eigenvalue weighted by Gasteiger charge is 2.14. The summed E-state index contributed by atoms with van der Waals surface area (Å²) < 4.78 is 0. The number of hydrogen-bond acceptors (Lipinski definition) is 2. The highest BCUT2D eigenvalue weighted by Crippen LogP contribution is 2.07. The van der Waals surface area contributed by atoms with Crippen molar-refractivity contribution in [3.05, 3.63) is 17.8 Å². The van der Waals surface area contributed by atoms with Crippen LogP contribution in [0.2, 0.25) is 0 Å². The van der Waals surface area contributed by atoms with Crippen LogP contribution >= 0.6 is 0 Å². The topological polar surface area (TPSA) is 57.6 Å². The van der Waals surface area contributed by atoms with Gasteiger partial charge in [-0.3, -0.25) is 4.90 Å². The van der Waals surface area contributed by atoms with Crippen molar-refractivity contribution in [3.63, 3.8) is 0 Å². The average Bonchev–Trinajstić information content (AvgIpc) is 2.34. The fraction of sp³-hybridized carbons (Fsp3) is 0.167. The summed E-state index contributed by atoms with van der Waals surface area (Å²) in [5, 5.41) is 8.36. The van der Waals surface area contributed by atoms with Gasteiger partial charge in [0, 0.05) is 6.20 Å². The number of nitrogens with zero attached hydrogens (tertiary/aromatic N) is 1. The zero-order chi connectivity index (χ0) is 7.56. The third-order valence-corrected chi connectivity index (χ3v) is 1.17. The lowest BCUT2D eigenvalue weighted by atomic mass is 10.3. The predicted octanol–water partition coefficient (Wildman–Crippen LogP) is 0.252. The van der Waals surface area contributed by atoms with Crippen LogP contribution in [0.5, 0.6) is 0 Å². The van der Waals surface area contributed by atoms with Gasteiger partial charge in [0.15, 0.2) is 0 Å². The minimum Gasteiger partial charge on any atom is -0.465 e. The summed E-state index contributed by atoms with van der Waals surface area (Å²) in [5.74, 6) is 1.62. The van der Waals surface area contributed by atoms with Crippen molar-refractivity contribution in [2.24, 2.45) is 0 Å². The molecule has 0 atom stereocenters. The van der Waals surface area contributed by atoms with Gasteiger partial charge in [-0.1, -0.05) is 0 Å². The van der Waals surface area contributed by atoms with E-state index in [9.17, 15) is 9.59 Å². The lowest BCUT2D eigenvalue weighted by Gasteiger charge is -2.05. The van der Waals surface area contributed by atoms with Crippen LogP contribution in [-0.2, 0) is 4.79 Å². The molecule has 10 heavy (non-hydrogen) atoms. The average molecular weight is 139 g/mol. The van der Waals surface area contributed by atoms with Crippen LogP contribution in [0.4, 0.5) is 4.79 Å². The molecular formula is C6H5NO3. The zero-order valence-electron chi connectivity index (χ0n) is 5.07. The summed E-state index contributed by atoms with van der Waals surface area (Å²) in [6, 6.07) is 0. The van der Waals surface area contributed by atoms with Crippen molar-refractivity contribution >= 4 is 12.0 Å². The van der Waals surface area contributed by atoms with E-state index >= 15 is 0 Å². The molecule has 1 aliphatic heterocycles. The smallest absolute Gasteiger partial charge is 0.411 e.